The molecule has 0 bridgehead atoms. The van der Waals surface area contributed by atoms with E-state index in [0.717, 1.165) is 44.1 Å². The molecule has 2 aromatic heterocycles. The number of aliphatic imine (C=N–C) groups is 1. The Bertz CT molecular complexity index is 1960. The molecule has 210 valence electrons. The fourth-order valence-electron chi connectivity index (χ4n) is 5.28. The summed E-state index contributed by atoms with van der Waals surface area (Å²) in [5.74, 6) is 0.744. The second-order valence-electron chi connectivity index (χ2n) is 12.8. The van der Waals surface area contributed by atoms with Gasteiger partial charge in [0.15, 0.2) is 5.58 Å². The van der Waals surface area contributed by atoms with Gasteiger partial charge in [0.1, 0.15) is 11.3 Å². The Kier molecular flexibility index (Phi) is 6.69. The van der Waals surface area contributed by atoms with Crippen molar-refractivity contribution in [3.05, 3.63) is 108 Å². The van der Waals surface area contributed by atoms with Crippen molar-refractivity contribution < 1.29 is 9.52 Å². The first-order chi connectivity index (χ1) is 20.0. The fourth-order valence-corrected chi connectivity index (χ4v) is 5.28. The number of hydrogen-bond donors (Lipinski definition) is 1. The summed E-state index contributed by atoms with van der Waals surface area (Å²) in [4.78, 5) is 14.3. The molecular formula is C37H35N3O2. The van der Waals surface area contributed by atoms with Gasteiger partial charge in [0.2, 0.25) is 5.89 Å². The molecule has 0 saturated carbocycles. The molecule has 0 radical (unpaired) electrons. The Hall–Kier alpha value is -4.77. The Balaban J connectivity index is 1.45. The molecule has 0 aliphatic carbocycles. The van der Waals surface area contributed by atoms with E-state index < -0.39 is 0 Å². The molecular weight excluding hydrogens is 518 g/mol. The van der Waals surface area contributed by atoms with Gasteiger partial charge in [-0.3, -0.25) is 9.98 Å². The van der Waals surface area contributed by atoms with Crippen molar-refractivity contribution in [2.45, 2.75) is 52.4 Å². The molecule has 2 heterocycles. The van der Waals surface area contributed by atoms with Crippen molar-refractivity contribution in [3.8, 4) is 28.3 Å². The molecule has 5 nitrogen and oxygen atoms in total. The number of rotatable bonds is 4. The first kappa shape index (κ1) is 27.4. The summed E-state index contributed by atoms with van der Waals surface area (Å²) in [6.45, 7) is 12.9. The molecule has 0 aliphatic rings. The maximum absolute atomic E-state index is 11.3. The molecule has 1 N–H and O–H groups in total. The van der Waals surface area contributed by atoms with Gasteiger partial charge in [-0.15, -0.1) is 0 Å². The minimum absolute atomic E-state index is 0.0797. The third-order valence-electron chi connectivity index (χ3n) is 7.67. The third kappa shape index (κ3) is 5.07. The largest absolute Gasteiger partial charge is 0.507 e. The molecule has 0 saturated heterocycles. The summed E-state index contributed by atoms with van der Waals surface area (Å²) in [7, 11) is 0. The van der Waals surface area contributed by atoms with Gasteiger partial charge < -0.3 is 9.52 Å². The number of aromatic nitrogens is 2. The molecule has 42 heavy (non-hydrogen) atoms. The van der Waals surface area contributed by atoms with Gasteiger partial charge in [0.05, 0.1) is 11.3 Å². The monoisotopic (exact) mass is 553 g/mol. The predicted octanol–water partition coefficient (Wildman–Crippen LogP) is 9.76. The van der Waals surface area contributed by atoms with Crippen molar-refractivity contribution in [2.24, 2.45) is 4.99 Å². The number of oxazole rings is 1. The van der Waals surface area contributed by atoms with Crippen LogP contribution in [0.3, 0.4) is 0 Å². The number of nitrogens with zero attached hydrogens (tertiary/aromatic N) is 3. The summed E-state index contributed by atoms with van der Waals surface area (Å²) in [5.41, 5.74) is 7.35. The molecule has 0 fully saturated rings. The fraction of sp³-hybridized carbons (Fsp3) is 0.216. The topological polar surface area (TPSA) is 71.5 Å². The molecule has 0 atom stereocenters. The second-order valence-corrected chi connectivity index (χ2v) is 12.8. The summed E-state index contributed by atoms with van der Waals surface area (Å²) in [6.07, 6.45) is 5.50. The van der Waals surface area contributed by atoms with E-state index in [4.69, 9.17) is 14.4 Å². The Morgan fingerprint density at radius 2 is 1.50 bits per heavy atom. The first-order valence-corrected chi connectivity index (χ1v) is 14.2. The lowest BCUT2D eigenvalue weighted by Gasteiger charge is -2.27. The van der Waals surface area contributed by atoms with E-state index >= 15 is 0 Å². The van der Waals surface area contributed by atoms with Crippen molar-refractivity contribution in [1.29, 1.82) is 0 Å². The maximum Gasteiger partial charge on any atom is 0.229 e. The average Bonchev–Trinajstić information content (AvgIpc) is 3.40. The number of fused-ring (bicyclic) bond motifs is 2. The molecule has 6 aromatic rings. The minimum Gasteiger partial charge on any atom is -0.507 e. The smallest absolute Gasteiger partial charge is 0.229 e. The third-order valence-corrected chi connectivity index (χ3v) is 7.67. The van der Waals surface area contributed by atoms with Crippen molar-refractivity contribution in [3.63, 3.8) is 0 Å². The van der Waals surface area contributed by atoms with Gasteiger partial charge in [-0.05, 0) is 46.0 Å². The Labute approximate surface area is 246 Å². The molecule has 0 unspecified atom stereocenters. The van der Waals surface area contributed by atoms with Gasteiger partial charge in [-0.25, -0.2) is 4.98 Å². The molecule has 4 aromatic carbocycles. The zero-order valence-electron chi connectivity index (χ0n) is 24.9. The van der Waals surface area contributed by atoms with E-state index in [-0.39, 0.29) is 16.6 Å². The highest BCUT2D eigenvalue weighted by molar-refractivity contribution is 6.03. The van der Waals surface area contributed by atoms with Gasteiger partial charge in [0, 0.05) is 46.2 Å². The quantitative estimate of drug-likeness (QED) is 0.221. The highest BCUT2D eigenvalue weighted by atomic mass is 16.3. The van der Waals surface area contributed by atoms with E-state index in [1.165, 1.54) is 0 Å². The van der Waals surface area contributed by atoms with Crippen LogP contribution >= 0.6 is 0 Å². The van der Waals surface area contributed by atoms with Crippen molar-refractivity contribution in [2.75, 3.05) is 0 Å². The van der Waals surface area contributed by atoms with E-state index in [9.17, 15) is 5.11 Å². The van der Waals surface area contributed by atoms with Crippen LogP contribution in [0, 0.1) is 0 Å². The van der Waals surface area contributed by atoms with E-state index in [1.807, 2.05) is 67.0 Å². The molecule has 0 amide bonds. The van der Waals surface area contributed by atoms with Crippen LogP contribution in [0.1, 0.15) is 58.2 Å². The van der Waals surface area contributed by atoms with Gasteiger partial charge in [-0.2, -0.15) is 0 Å². The maximum atomic E-state index is 11.3. The van der Waals surface area contributed by atoms with E-state index in [2.05, 4.69) is 70.8 Å². The van der Waals surface area contributed by atoms with Crippen LogP contribution in [0.15, 0.2) is 101 Å². The number of hydrogen-bond acceptors (Lipinski definition) is 5. The summed E-state index contributed by atoms with van der Waals surface area (Å²) < 4.78 is 6.32. The predicted molar refractivity (Wildman–Crippen MR) is 173 cm³/mol. The number of phenols is 1. The van der Waals surface area contributed by atoms with Crippen LogP contribution in [0.5, 0.6) is 5.75 Å². The van der Waals surface area contributed by atoms with Crippen LogP contribution in [-0.4, -0.2) is 21.3 Å². The minimum atomic E-state index is -0.221. The summed E-state index contributed by atoms with van der Waals surface area (Å²) in [5, 5.41) is 13.4. The lowest BCUT2D eigenvalue weighted by atomic mass is 9.79. The number of pyridine rings is 1. The standard InChI is InChI=1S/C37H35N3O2/c1-36(2,3)25-18-24(34(41)30(19-25)37(4,5)6)21-39-31-16-10-9-14-28(31)35-40-33-27(15-11-17-32(33)42-35)29-22-38-20-23-12-7-8-13-26(23)29/h7-22,41H,1-6H3. The van der Waals surface area contributed by atoms with Crippen molar-refractivity contribution in [1.82, 2.24) is 9.97 Å². The number of phenolic OH excluding ortho intramolecular Hbond substituents is 1. The SMILES string of the molecule is CC(C)(C)c1cc(C=Nc2ccccc2-c2nc3c(-c4cncc5ccccc45)cccc3o2)c(O)c(C(C)(C)C)c1. The van der Waals surface area contributed by atoms with Crippen LogP contribution in [0.2, 0.25) is 0 Å². The molecule has 0 aliphatic heterocycles. The Morgan fingerprint density at radius 1 is 0.762 bits per heavy atom. The Morgan fingerprint density at radius 3 is 2.29 bits per heavy atom. The highest BCUT2D eigenvalue weighted by Crippen LogP contribution is 2.39. The average molecular weight is 554 g/mol. The van der Waals surface area contributed by atoms with Crippen LogP contribution < -0.4 is 0 Å². The van der Waals surface area contributed by atoms with Gasteiger partial charge >= 0.3 is 0 Å². The van der Waals surface area contributed by atoms with Gasteiger partial charge in [-0.1, -0.05) is 96.1 Å². The molecule has 6 rings (SSSR count). The molecule has 0 spiro atoms. The van der Waals surface area contributed by atoms with Crippen LogP contribution in [0.4, 0.5) is 5.69 Å². The zero-order valence-corrected chi connectivity index (χ0v) is 24.9. The number of benzene rings is 4. The van der Waals surface area contributed by atoms with E-state index in [0.29, 0.717) is 22.7 Å². The highest BCUT2D eigenvalue weighted by Gasteiger charge is 2.25. The van der Waals surface area contributed by atoms with Crippen LogP contribution in [-0.2, 0) is 10.8 Å². The van der Waals surface area contributed by atoms with Gasteiger partial charge in [0.25, 0.3) is 0 Å². The van der Waals surface area contributed by atoms with Crippen LogP contribution in [0.25, 0.3) is 44.5 Å². The lowest BCUT2D eigenvalue weighted by molar-refractivity contribution is 0.444. The second kappa shape index (κ2) is 10.3. The summed E-state index contributed by atoms with van der Waals surface area (Å²) >= 11 is 0. The van der Waals surface area contributed by atoms with E-state index in [1.54, 1.807) is 6.21 Å². The normalized spacial score (nSPS) is 12.5. The number of aromatic hydroxyl groups is 1. The molecule has 5 heteroatoms. The zero-order chi connectivity index (χ0) is 29.6. The first-order valence-electron chi connectivity index (χ1n) is 14.2. The lowest BCUT2D eigenvalue weighted by Crippen LogP contribution is -2.17. The summed E-state index contributed by atoms with van der Waals surface area (Å²) in [6, 6.07) is 26.1. The van der Waals surface area contributed by atoms with Crippen molar-refractivity contribution >= 4 is 33.8 Å². The number of para-hydroxylation sites is 2.